The lowest BCUT2D eigenvalue weighted by Crippen LogP contribution is -2.29. The van der Waals surface area contributed by atoms with E-state index in [-0.39, 0.29) is 23.1 Å². The number of carbonyl (C=O) groups is 2. The Morgan fingerprint density at radius 2 is 2.08 bits per heavy atom. The molecule has 1 atom stereocenters. The van der Waals surface area contributed by atoms with Gasteiger partial charge in [-0.05, 0) is 24.1 Å². The van der Waals surface area contributed by atoms with Crippen LogP contribution in [0.3, 0.4) is 0 Å². The third-order valence-electron chi connectivity index (χ3n) is 4.14. The van der Waals surface area contributed by atoms with Gasteiger partial charge in [-0.25, -0.2) is 0 Å². The second-order valence-electron chi connectivity index (χ2n) is 5.47. The zero-order valence-corrected chi connectivity index (χ0v) is 13.2. The van der Waals surface area contributed by atoms with E-state index >= 15 is 0 Å². The van der Waals surface area contributed by atoms with E-state index in [9.17, 15) is 14.7 Å². The highest BCUT2D eigenvalue weighted by Crippen LogP contribution is 2.41. The molecule has 1 heterocycles. The summed E-state index contributed by atoms with van der Waals surface area (Å²) < 4.78 is 5.22. The molecule has 0 spiro atoms. The van der Waals surface area contributed by atoms with Gasteiger partial charge in [0.1, 0.15) is 5.75 Å². The minimum Gasteiger partial charge on any atom is -0.545 e. The van der Waals surface area contributed by atoms with Crippen LogP contribution in [0, 0.1) is 0 Å². The molecule has 0 fully saturated rings. The van der Waals surface area contributed by atoms with Gasteiger partial charge in [-0.2, -0.15) is 0 Å². The van der Waals surface area contributed by atoms with Crippen molar-refractivity contribution in [3.63, 3.8) is 0 Å². The molecule has 0 aromatic heterocycles. The molecule has 2 aromatic rings. The standard InChI is InChI=1S/C19H17NO4/c1-3-6-16-14-9-5-10-15(19(22)23)17(14)18(21)20(16)12-7-4-8-13(11-12)24-2/h3-5,7-11,16H,1,6H2,2H3,(H,22,23)/p-1/t16-/m0/s1. The van der Waals surface area contributed by atoms with Gasteiger partial charge < -0.3 is 19.5 Å². The van der Waals surface area contributed by atoms with Crippen molar-refractivity contribution in [3.8, 4) is 5.75 Å². The van der Waals surface area contributed by atoms with Crippen LogP contribution >= 0.6 is 0 Å². The molecule has 0 saturated carbocycles. The van der Waals surface area contributed by atoms with Crippen LogP contribution in [0.1, 0.15) is 38.7 Å². The molecule has 1 amide bonds. The lowest BCUT2D eigenvalue weighted by molar-refractivity contribution is -0.255. The molecule has 1 aliphatic rings. The summed E-state index contributed by atoms with van der Waals surface area (Å²) >= 11 is 0. The third-order valence-corrected chi connectivity index (χ3v) is 4.14. The average Bonchev–Trinajstić information content (AvgIpc) is 2.87. The number of aromatic carboxylic acids is 1. The lowest BCUT2D eigenvalue weighted by atomic mass is 9.98. The van der Waals surface area contributed by atoms with E-state index in [0.29, 0.717) is 23.4 Å². The maximum atomic E-state index is 13.0. The van der Waals surface area contributed by atoms with Crippen LogP contribution in [0.5, 0.6) is 5.75 Å². The first-order valence-electron chi connectivity index (χ1n) is 7.51. The fourth-order valence-electron chi connectivity index (χ4n) is 3.11. The van der Waals surface area contributed by atoms with Crippen LogP contribution in [-0.4, -0.2) is 19.0 Å². The van der Waals surface area contributed by atoms with Gasteiger partial charge in [0, 0.05) is 17.3 Å². The summed E-state index contributed by atoms with van der Waals surface area (Å²) in [6.45, 7) is 3.75. The number of amides is 1. The Bertz CT molecular complexity index is 828. The average molecular weight is 322 g/mol. The van der Waals surface area contributed by atoms with E-state index in [0.717, 1.165) is 0 Å². The number of nitrogens with zero attached hydrogens (tertiary/aromatic N) is 1. The van der Waals surface area contributed by atoms with Crippen LogP contribution in [0.4, 0.5) is 5.69 Å². The summed E-state index contributed by atoms with van der Waals surface area (Å²) in [5, 5.41) is 11.4. The van der Waals surface area contributed by atoms with Gasteiger partial charge in [0.15, 0.2) is 0 Å². The van der Waals surface area contributed by atoms with E-state index in [1.54, 1.807) is 54.5 Å². The molecule has 5 nitrogen and oxygen atoms in total. The molecule has 0 radical (unpaired) electrons. The van der Waals surface area contributed by atoms with Crippen molar-refractivity contribution < 1.29 is 19.4 Å². The Morgan fingerprint density at radius 1 is 1.33 bits per heavy atom. The van der Waals surface area contributed by atoms with Crippen LogP contribution in [0.2, 0.25) is 0 Å². The highest BCUT2D eigenvalue weighted by molar-refractivity contribution is 6.16. The maximum absolute atomic E-state index is 13.0. The predicted octanol–water partition coefficient (Wildman–Crippen LogP) is 2.34. The summed E-state index contributed by atoms with van der Waals surface area (Å²) in [6, 6.07) is 11.6. The SMILES string of the molecule is C=CC[C@H]1c2cccc(C(=O)[O-])c2C(=O)N1c1cccc(OC)c1. The quantitative estimate of drug-likeness (QED) is 0.792. The van der Waals surface area contributed by atoms with Crippen molar-refractivity contribution in [1.82, 2.24) is 0 Å². The van der Waals surface area contributed by atoms with Gasteiger partial charge in [-0.1, -0.05) is 30.3 Å². The summed E-state index contributed by atoms with van der Waals surface area (Å²) in [6.07, 6.45) is 2.22. The van der Waals surface area contributed by atoms with Crippen LogP contribution in [0.15, 0.2) is 55.1 Å². The molecule has 24 heavy (non-hydrogen) atoms. The third kappa shape index (κ3) is 2.44. The topological polar surface area (TPSA) is 69.7 Å². The number of ether oxygens (including phenoxy) is 1. The number of carbonyl (C=O) groups excluding carboxylic acids is 2. The fourth-order valence-corrected chi connectivity index (χ4v) is 3.11. The van der Waals surface area contributed by atoms with Gasteiger partial charge in [-0.15, -0.1) is 6.58 Å². The first-order valence-corrected chi connectivity index (χ1v) is 7.51. The van der Waals surface area contributed by atoms with Crippen molar-refractivity contribution in [3.05, 3.63) is 71.8 Å². The van der Waals surface area contributed by atoms with E-state index in [2.05, 4.69) is 6.58 Å². The summed E-state index contributed by atoms with van der Waals surface area (Å²) in [5.41, 5.74) is 1.42. The number of hydrogen-bond donors (Lipinski definition) is 0. The number of fused-ring (bicyclic) bond motifs is 1. The largest absolute Gasteiger partial charge is 0.545 e. The molecule has 0 unspecified atom stereocenters. The van der Waals surface area contributed by atoms with Crippen molar-refractivity contribution in [2.24, 2.45) is 0 Å². The van der Waals surface area contributed by atoms with Crippen molar-refractivity contribution in [2.45, 2.75) is 12.5 Å². The monoisotopic (exact) mass is 322 g/mol. The normalized spacial score (nSPS) is 16.0. The summed E-state index contributed by atoms with van der Waals surface area (Å²) in [4.78, 5) is 25.9. The molecule has 0 saturated heterocycles. The molecule has 0 aliphatic carbocycles. The molecule has 0 N–H and O–H groups in total. The van der Waals surface area contributed by atoms with Gasteiger partial charge in [-0.3, -0.25) is 4.79 Å². The number of rotatable bonds is 5. The fraction of sp³-hybridized carbons (Fsp3) is 0.158. The number of carboxylic acids is 1. The minimum atomic E-state index is -1.36. The molecule has 3 rings (SSSR count). The lowest BCUT2D eigenvalue weighted by Gasteiger charge is -2.25. The number of anilines is 1. The van der Waals surface area contributed by atoms with Crippen molar-refractivity contribution in [1.29, 1.82) is 0 Å². The molecule has 5 heteroatoms. The van der Waals surface area contributed by atoms with Crippen molar-refractivity contribution >= 4 is 17.6 Å². The second kappa shape index (κ2) is 6.20. The summed E-state index contributed by atoms with van der Waals surface area (Å²) in [7, 11) is 1.55. The highest BCUT2D eigenvalue weighted by Gasteiger charge is 2.38. The Labute approximate surface area is 139 Å². The van der Waals surface area contributed by atoms with Gasteiger partial charge in [0.2, 0.25) is 0 Å². The van der Waals surface area contributed by atoms with E-state index in [1.807, 2.05) is 0 Å². The zero-order valence-electron chi connectivity index (χ0n) is 13.2. The van der Waals surface area contributed by atoms with E-state index in [1.165, 1.54) is 6.07 Å². The van der Waals surface area contributed by atoms with E-state index in [4.69, 9.17) is 4.74 Å². The molecule has 0 bridgehead atoms. The molecular weight excluding hydrogens is 306 g/mol. The smallest absolute Gasteiger partial charge is 0.259 e. The number of benzene rings is 2. The minimum absolute atomic E-state index is 0.0861. The molecular formula is C19H16NO4-. The Kier molecular flexibility index (Phi) is 4.08. The van der Waals surface area contributed by atoms with Gasteiger partial charge >= 0.3 is 0 Å². The zero-order chi connectivity index (χ0) is 17.3. The van der Waals surface area contributed by atoms with Gasteiger partial charge in [0.25, 0.3) is 5.91 Å². The first-order chi connectivity index (χ1) is 11.6. The first kappa shape index (κ1) is 15.8. The van der Waals surface area contributed by atoms with Crippen LogP contribution < -0.4 is 14.7 Å². The van der Waals surface area contributed by atoms with Crippen LogP contribution in [0.25, 0.3) is 0 Å². The predicted molar refractivity (Wildman–Crippen MR) is 88.1 cm³/mol. The Balaban J connectivity index is 2.17. The second-order valence-corrected chi connectivity index (χ2v) is 5.47. The number of methoxy groups -OCH3 is 1. The maximum Gasteiger partial charge on any atom is 0.259 e. The van der Waals surface area contributed by atoms with Crippen LogP contribution in [-0.2, 0) is 0 Å². The Hall–Kier alpha value is -3.08. The molecule has 122 valence electrons. The highest BCUT2D eigenvalue weighted by atomic mass is 16.5. The Morgan fingerprint density at radius 3 is 2.75 bits per heavy atom. The molecule has 2 aromatic carbocycles. The number of hydrogen-bond acceptors (Lipinski definition) is 4. The number of carboxylic acid groups (broad SMARTS) is 1. The van der Waals surface area contributed by atoms with E-state index < -0.39 is 5.97 Å². The van der Waals surface area contributed by atoms with Gasteiger partial charge in [0.05, 0.1) is 24.7 Å². The van der Waals surface area contributed by atoms with Crippen molar-refractivity contribution in [2.75, 3.05) is 12.0 Å². The molecule has 1 aliphatic heterocycles. The summed E-state index contributed by atoms with van der Waals surface area (Å²) in [5.74, 6) is -1.09.